The van der Waals surface area contributed by atoms with Crippen molar-refractivity contribution in [3.63, 3.8) is 0 Å². The van der Waals surface area contributed by atoms with Crippen LogP contribution >= 0.6 is 0 Å². The van der Waals surface area contributed by atoms with Crippen molar-refractivity contribution in [2.45, 2.75) is 0 Å². The third kappa shape index (κ3) is 4.73. The molecule has 9 aromatic rings. The fourth-order valence-corrected chi connectivity index (χ4v) is 6.47. The molecule has 0 aliphatic carbocycles. The van der Waals surface area contributed by atoms with Crippen LogP contribution in [0.2, 0.25) is 0 Å². The number of hydrogen-bond acceptors (Lipinski definition) is 4. The first-order valence-corrected chi connectivity index (χ1v) is 15.7. The highest BCUT2D eigenvalue weighted by Gasteiger charge is 2.20. The van der Waals surface area contributed by atoms with E-state index in [1.807, 2.05) is 48.7 Å². The van der Waals surface area contributed by atoms with Crippen molar-refractivity contribution in [2.24, 2.45) is 0 Å². The lowest BCUT2D eigenvalue weighted by molar-refractivity contribution is 1.07. The van der Waals surface area contributed by atoms with E-state index in [2.05, 4.69) is 125 Å². The van der Waals surface area contributed by atoms with Gasteiger partial charge in [-0.2, -0.15) is 0 Å². The summed E-state index contributed by atoms with van der Waals surface area (Å²) in [5.41, 5.74) is 9.21. The first-order chi connectivity index (χ1) is 23.3. The molecule has 0 bridgehead atoms. The molecule has 3 aromatic heterocycles. The van der Waals surface area contributed by atoms with E-state index in [0.29, 0.717) is 17.5 Å². The van der Waals surface area contributed by atoms with Crippen molar-refractivity contribution in [1.82, 2.24) is 24.5 Å². The summed E-state index contributed by atoms with van der Waals surface area (Å²) >= 11 is 0. The van der Waals surface area contributed by atoms with Gasteiger partial charge in [-0.1, -0.05) is 115 Å². The summed E-state index contributed by atoms with van der Waals surface area (Å²) in [7, 11) is 0. The summed E-state index contributed by atoms with van der Waals surface area (Å²) in [5, 5.41) is 3.45. The highest BCUT2D eigenvalue weighted by Crippen LogP contribution is 2.38. The second kappa shape index (κ2) is 11.2. The molecule has 0 spiro atoms. The minimum atomic E-state index is 0.619. The molecule has 220 valence electrons. The van der Waals surface area contributed by atoms with E-state index in [0.717, 1.165) is 60.8 Å². The van der Waals surface area contributed by atoms with Crippen molar-refractivity contribution in [1.29, 1.82) is 0 Å². The number of benzene rings is 6. The maximum Gasteiger partial charge on any atom is 0.166 e. The van der Waals surface area contributed by atoms with E-state index in [1.165, 1.54) is 5.39 Å². The lowest BCUT2D eigenvalue weighted by Gasteiger charge is -2.13. The molecule has 0 N–H and O–H groups in total. The van der Waals surface area contributed by atoms with Gasteiger partial charge in [0, 0.05) is 44.7 Å². The predicted octanol–water partition coefficient (Wildman–Crippen LogP) is 10.2. The van der Waals surface area contributed by atoms with Crippen LogP contribution in [-0.4, -0.2) is 24.5 Å². The molecule has 0 radical (unpaired) electrons. The summed E-state index contributed by atoms with van der Waals surface area (Å²) in [5.74, 6) is 1.87. The lowest BCUT2D eigenvalue weighted by Crippen LogP contribution is -2.02. The number of fused-ring (bicyclic) bond motifs is 4. The third-order valence-electron chi connectivity index (χ3n) is 8.68. The molecule has 0 saturated heterocycles. The van der Waals surface area contributed by atoms with Crippen LogP contribution in [0.5, 0.6) is 0 Å². The van der Waals surface area contributed by atoms with Gasteiger partial charge in [-0.25, -0.2) is 15.0 Å². The number of pyridine rings is 1. The molecule has 47 heavy (non-hydrogen) atoms. The minimum Gasteiger partial charge on any atom is -0.309 e. The topological polar surface area (TPSA) is 56.5 Å². The number of para-hydroxylation sites is 3. The molecule has 0 saturated carbocycles. The Morgan fingerprint density at radius 1 is 0.426 bits per heavy atom. The van der Waals surface area contributed by atoms with Crippen molar-refractivity contribution >= 4 is 32.7 Å². The van der Waals surface area contributed by atoms with Gasteiger partial charge in [-0.15, -0.1) is 0 Å². The molecular weight excluding hydrogens is 574 g/mol. The monoisotopic (exact) mass is 601 g/mol. The van der Waals surface area contributed by atoms with E-state index < -0.39 is 0 Å². The van der Waals surface area contributed by atoms with Crippen LogP contribution in [0, 0.1) is 0 Å². The maximum atomic E-state index is 5.19. The Hall–Kier alpha value is -6.46. The van der Waals surface area contributed by atoms with Crippen LogP contribution in [0.25, 0.3) is 83.7 Å². The fourth-order valence-electron chi connectivity index (χ4n) is 6.47. The summed E-state index contributed by atoms with van der Waals surface area (Å²) in [6, 6.07) is 54.4. The van der Waals surface area contributed by atoms with Crippen LogP contribution < -0.4 is 0 Å². The normalized spacial score (nSPS) is 11.4. The number of nitrogens with zero attached hydrogens (tertiary/aromatic N) is 5. The van der Waals surface area contributed by atoms with Gasteiger partial charge in [0.2, 0.25) is 0 Å². The molecule has 3 heterocycles. The molecule has 5 heteroatoms. The number of hydrogen-bond donors (Lipinski definition) is 0. The van der Waals surface area contributed by atoms with E-state index in [9.17, 15) is 0 Å². The Kier molecular flexibility index (Phi) is 6.39. The van der Waals surface area contributed by atoms with Gasteiger partial charge < -0.3 is 4.57 Å². The van der Waals surface area contributed by atoms with Crippen LogP contribution in [0.15, 0.2) is 164 Å². The summed E-state index contributed by atoms with van der Waals surface area (Å²) in [6.07, 6.45) is 1.83. The minimum absolute atomic E-state index is 0.619. The second-order valence-corrected chi connectivity index (χ2v) is 11.6. The van der Waals surface area contributed by atoms with Crippen LogP contribution in [0.4, 0.5) is 0 Å². The van der Waals surface area contributed by atoms with Crippen LogP contribution in [0.3, 0.4) is 0 Å². The van der Waals surface area contributed by atoms with E-state index in [4.69, 9.17) is 15.0 Å². The van der Waals surface area contributed by atoms with Gasteiger partial charge in [0.05, 0.1) is 16.6 Å². The number of aromatic nitrogens is 5. The molecule has 6 aromatic carbocycles. The molecule has 0 amide bonds. The molecule has 0 aliphatic rings. The SMILES string of the molecule is c1ccc(-c2nc(-c3cccc(-c4ccc5cccnc5c4)c3)nc(-c3cccc4c5ccccc5n(-c5ccccc5)c34)n2)cc1. The molecule has 0 atom stereocenters. The Morgan fingerprint density at radius 2 is 1.09 bits per heavy atom. The zero-order valence-corrected chi connectivity index (χ0v) is 25.3. The summed E-state index contributed by atoms with van der Waals surface area (Å²) in [4.78, 5) is 19.9. The highest BCUT2D eigenvalue weighted by atomic mass is 15.0. The average molecular weight is 602 g/mol. The molecule has 5 nitrogen and oxygen atoms in total. The first kappa shape index (κ1) is 26.9. The third-order valence-corrected chi connectivity index (χ3v) is 8.68. The zero-order chi connectivity index (χ0) is 31.2. The van der Waals surface area contributed by atoms with Gasteiger partial charge in [0.15, 0.2) is 17.5 Å². The zero-order valence-electron chi connectivity index (χ0n) is 25.3. The van der Waals surface area contributed by atoms with E-state index in [1.54, 1.807) is 0 Å². The summed E-state index contributed by atoms with van der Waals surface area (Å²) in [6.45, 7) is 0. The maximum absolute atomic E-state index is 5.19. The molecular formula is C42H27N5. The second-order valence-electron chi connectivity index (χ2n) is 11.6. The lowest BCUT2D eigenvalue weighted by atomic mass is 10.0. The highest BCUT2D eigenvalue weighted by molar-refractivity contribution is 6.13. The van der Waals surface area contributed by atoms with Gasteiger partial charge in [0.25, 0.3) is 0 Å². The summed E-state index contributed by atoms with van der Waals surface area (Å²) < 4.78 is 2.32. The standard InChI is InChI=1S/C42H27N5/c1-3-12-29(13-4-1)40-44-41(32-15-9-14-30(26-32)31-24-23-28-16-11-25-43-37(28)27-31)46-42(45-40)36-21-10-20-35-34-19-7-8-22-38(34)47(39(35)36)33-17-5-2-6-18-33/h1-27H. The Morgan fingerprint density at radius 3 is 1.96 bits per heavy atom. The number of rotatable bonds is 5. The molecule has 0 aliphatic heterocycles. The van der Waals surface area contributed by atoms with Crippen LogP contribution in [0.1, 0.15) is 0 Å². The van der Waals surface area contributed by atoms with E-state index >= 15 is 0 Å². The molecule has 0 fully saturated rings. The van der Waals surface area contributed by atoms with E-state index in [-0.39, 0.29) is 0 Å². The fraction of sp³-hybridized carbons (Fsp3) is 0. The smallest absolute Gasteiger partial charge is 0.166 e. The van der Waals surface area contributed by atoms with Crippen molar-refractivity contribution in [3.05, 3.63) is 164 Å². The van der Waals surface area contributed by atoms with Gasteiger partial charge in [-0.3, -0.25) is 4.98 Å². The largest absolute Gasteiger partial charge is 0.309 e. The Bertz CT molecular complexity index is 2570. The van der Waals surface area contributed by atoms with Crippen molar-refractivity contribution in [2.75, 3.05) is 0 Å². The van der Waals surface area contributed by atoms with Crippen LogP contribution in [-0.2, 0) is 0 Å². The van der Waals surface area contributed by atoms with Gasteiger partial charge in [-0.05, 0) is 53.6 Å². The van der Waals surface area contributed by atoms with Gasteiger partial charge >= 0.3 is 0 Å². The Balaban J connectivity index is 1.28. The molecule has 0 unspecified atom stereocenters. The first-order valence-electron chi connectivity index (χ1n) is 15.7. The molecule has 9 rings (SSSR count). The average Bonchev–Trinajstić information content (AvgIpc) is 3.50. The Labute approximate surface area is 271 Å². The van der Waals surface area contributed by atoms with Crippen molar-refractivity contribution < 1.29 is 0 Å². The van der Waals surface area contributed by atoms with Crippen molar-refractivity contribution in [3.8, 4) is 51.0 Å². The van der Waals surface area contributed by atoms with Gasteiger partial charge in [0.1, 0.15) is 0 Å². The quantitative estimate of drug-likeness (QED) is 0.197. The predicted molar refractivity (Wildman–Crippen MR) is 191 cm³/mol.